The summed E-state index contributed by atoms with van der Waals surface area (Å²) >= 11 is 0. The largest absolute Gasteiger partial charge is 0.480 e. The summed E-state index contributed by atoms with van der Waals surface area (Å²) in [5.74, 6) is 1.95. The number of carboxylic acid groups (broad SMARTS) is 1. The van der Waals surface area contributed by atoms with Crippen LogP contribution in [0, 0.1) is 23.7 Å². The fourth-order valence-electron chi connectivity index (χ4n) is 5.06. The Hall–Kier alpha value is -1.10. The standard InChI is InChI=1S/C20H32N2O3/c23-19(24)12-22(11-13-6-7-13)16-8-15(9-16)21-20(25)18-10-17(18)14-4-2-1-3-5-14/h13-18H,1-12H2,(H,21,25)(H,23,24)/t15?,16?,17-,18-/m0/s1. The third kappa shape index (κ3) is 4.36. The number of nitrogens with zero attached hydrogens (tertiary/aromatic N) is 1. The van der Waals surface area contributed by atoms with Crippen LogP contribution in [-0.2, 0) is 9.59 Å². The quantitative estimate of drug-likeness (QED) is 0.707. The van der Waals surface area contributed by atoms with E-state index in [1.54, 1.807) is 0 Å². The van der Waals surface area contributed by atoms with Gasteiger partial charge in [0.2, 0.25) is 5.91 Å². The maximum atomic E-state index is 12.5. The van der Waals surface area contributed by atoms with Gasteiger partial charge in [0.1, 0.15) is 0 Å². The van der Waals surface area contributed by atoms with Crippen LogP contribution >= 0.6 is 0 Å². The molecular weight excluding hydrogens is 316 g/mol. The van der Waals surface area contributed by atoms with Crippen molar-refractivity contribution in [3.63, 3.8) is 0 Å². The Bertz CT molecular complexity index is 507. The normalized spacial score (nSPS) is 35.2. The van der Waals surface area contributed by atoms with Gasteiger partial charge in [0, 0.05) is 24.5 Å². The molecule has 0 aliphatic heterocycles. The third-order valence-electron chi connectivity index (χ3n) is 6.94. The van der Waals surface area contributed by atoms with Gasteiger partial charge in [0.05, 0.1) is 6.54 Å². The van der Waals surface area contributed by atoms with Gasteiger partial charge in [-0.2, -0.15) is 0 Å². The van der Waals surface area contributed by atoms with Gasteiger partial charge in [0.25, 0.3) is 0 Å². The molecule has 0 saturated heterocycles. The first-order valence-electron chi connectivity index (χ1n) is 10.4. The monoisotopic (exact) mass is 348 g/mol. The first-order valence-corrected chi connectivity index (χ1v) is 10.4. The lowest BCUT2D eigenvalue weighted by atomic mass is 9.84. The molecule has 0 spiro atoms. The summed E-state index contributed by atoms with van der Waals surface area (Å²) in [5.41, 5.74) is 0. The summed E-state index contributed by atoms with van der Waals surface area (Å²) in [7, 11) is 0. The summed E-state index contributed by atoms with van der Waals surface area (Å²) in [4.78, 5) is 25.7. The molecule has 4 aliphatic carbocycles. The number of nitrogens with one attached hydrogen (secondary N) is 1. The molecule has 0 unspecified atom stereocenters. The molecule has 0 aromatic heterocycles. The van der Waals surface area contributed by atoms with E-state index in [-0.39, 0.29) is 24.4 Å². The summed E-state index contributed by atoms with van der Waals surface area (Å²) in [6.45, 7) is 1.07. The maximum Gasteiger partial charge on any atom is 0.317 e. The first kappa shape index (κ1) is 17.3. The van der Waals surface area contributed by atoms with Crippen LogP contribution in [0.2, 0.25) is 0 Å². The molecule has 0 aromatic rings. The molecule has 4 fully saturated rings. The third-order valence-corrected chi connectivity index (χ3v) is 6.94. The second kappa shape index (κ2) is 7.26. The fourth-order valence-corrected chi connectivity index (χ4v) is 5.06. The van der Waals surface area contributed by atoms with Gasteiger partial charge in [-0.15, -0.1) is 0 Å². The molecule has 0 radical (unpaired) electrons. The van der Waals surface area contributed by atoms with Crippen LogP contribution in [0.15, 0.2) is 0 Å². The van der Waals surface area contributed by atoms with Crippen LogP contribution in [0.5, 0.6) is 0 Å². The highest BCUT2D eigenvalue weighted by molar-refractivity contribution is 5.82. The topological polar surface area (TPSA) is 69.6 Å². The zero-order valence-electron chi connectivity index (χ0n) is 15.2. The molecule has 25 heavy (non-hydrogen) atoms. The van der Waals surface area contributed by atoms with Crippen LogP contribution in [0.1, 0.15) is 64.2 Å². The Morgan fingerprint density at radius 3 is 2.36 bits per heavy atom. The highest BCUT2D eigenvalue weighted by Crippen LogP contribution is 2.49. The lowest BCUT2D eigenvalue weighted by Gasteiger charge is -2.42. The van der Waals surface area contributed by atoms with E-state index in [1.807, 2.05) is 0 Å². The number of amides is 1. The Morgan fingerprint density at radius 2 is 1.72 bits per heavy atom. The number of hydrogen-bond acceptors (Lipinski definition) is 3. The Balaban J connectivity index is 1.18. The average molecular weight is 348 g/mol. The minimum absolute atomic E-state index is 0.147. The molecule has 5 heteroatoms. The minimum atomic E-state index is -0.735. The summed E-state index contributed by atoms with van der Waals surface area (Å²) in [6.07, 6.45) is 12.1. The van der Waals surface area contributed by atoms with Crippen LogP contribution in [0.25, 0.3) is 0 Å². The first-order chi connectivity index (χ1) is 12.1. The van der Waals surface area contributed by atoms with Crippen molar-refractivity contribution >= 4 is 11.9 Å². The second-order valence-electron chi connectivity index (χ2n) is 9.00. The number of rotatable bonds is 8. The van der Waals surface area contributed by atoms with Gasteiger partial charge in [-0.3, -0.25) is 14.5 Å². The number of aliphatic carboxylic acids is 1. The molecular formula is C20H32N2O3. The SMILES string of the molecule is O=C(O)CN(CC1CC1)C1CC(NC(=O)[C@H]2C[C@H]2C2CCCCC2)C1. The van der Waals surface area contributed by atoms with Crippen molar-refractivity contribution in [2.75, 3.05) is 13.1 Å². The van der Waals surface area contributed by atoms with E-state index >= 15 is 0 Å². The van der Waals surface area contributed by atoms with Gasteiger partial charge < -0.3 is 10.4 Å². The zero-order chi connectivity index (χ0) is 17.4. The Morgan fingerprint density at radius 1 is 1.00 bits per heavy atom. The van der Waals surface area contributed by atoms with E-state index in [1.165, 1.54) is 44.9 Å². The average Bonchev–Trinajstić information content (AvgIpc) is 3.43. The van der Waals surface area contributed by atoms with Gasteiger partial charge in [0.15, 0.2) is 0 Å². The van der Waals surface area contributed by atoms with Crippen molar-refractivity contribution in [2.45, 2.75) is 76.3 Å². The maximum absolute atomic E-state index is 12.5. The molecule has 140 valence electrons. The van der Waals surface area contributed by atoms with Crippen molar-refractivity contribution in [3.8, 4) is 0 Å². The van der Waals surface area contributed by atoms with Gasteiger partial charge in [-0.1, -0.05) is 32.1 Å². The van der Waals surface area contributed by atoms with Crippen LogP contribution in [-0.4, -0.2) is 47.1 Å². The Kier molecular flexibility index (Phi) is 5.03. The van der Waals surface area contributed by atoms with Gasteiger partial charge >= 0.3 is 5.97 Å². The predicted octanol–water partition coefficient (Wildman–Crippen LogP) is 2.65. The molecule has 5 nitrogen and oxygen atoms in total. The van der Waals surface area contributed by atoms with E-state index in [2.05, 4.69) is 10.2 Å². The fraction of sp³-hybridized carbons (Fsp3) is 0.900. The van der Waals surface area contributed by atoms with Crippen molar-refractivity contribution in [2.24, 2.45) is 23.7 Å². The molecule has 1 amide bonds. The van der Waals surface area contributed by atoms with Crippen LogP contribution < -0.4 is 5.32 Å². The molecule has 4 rings (SSSR count). The number of hydrogen-bond donors (Lipinski definition) is 2. The number of carboxylic acids is 1. The highest BCUT2D eigenvalue weighted by atomic mass is 16.4. The predicted molar refractivity (Wildman–Crippen MR) is 95.1 cm³/mol. The molecule has 0 heterocycles. The molecule has 0 bridgehead atoms. The van der Waals surface area contributed by atoms with Crippen molar-refractivity contribution in [1.29, 1.82) is 0 Å². The van der Waals surface area contributed by atoms with E-state index in [0.29, 0.717) is 17.9 Å². The second-order valence-corrected chi connectivity index (χ2v) is 9.00. The summed E-state index contributed by atoms with van der Waals surface area (Å²) in [6, 6.07) is 0.607. The molecule has 2 N–H and O–H groups in total. The van der Waals surface area contributed by atoms with E-state index in [0.717, 1.165) is 31.7 Å². The lowest BCUT2D eigenvalue weighted by Crippen LogP contribution is -2.55. The highest BCUT2D eigenvalue weighted by Gasteiger charge is 2.48. The van der Waals surface area contributed by atoms with Crippen molar-refractivity contribution in [1.82, 2.24) is 10.2 Å². The Labute approximate surface area is 150 Å². The summed E-state index contributed by atoms with van der Waals surface area (Å²) < 4.78 is 0. The van der Waals surface area contributed by atoms with E-state index in [9.17, 15) is 9.59 Å². The summed E-state index contributed by atoms with van der Waals surface area (Å²) in [5, 5.41) is 12.4. The zero-order valence-corrected chi connectivity index (χ0v) is 15.2. The van der Waals surface area contributed by atoms with Crippen LogP contribution in [0.3, 0.4) is 0 Å². The molecule has 2 atom stereocenters. The minimum Gasteiger partial charge on any atom is -0.480 e. The van der Waals surface area contributed by atoms with Crippen molar-refractivity contribution < 1.29 is 14.7 Å². The van der Waals surface area contributed by atoms with E-state index < -0.39 is 5.97 Å². The van der Waals surface area contributed by atoms with Crippen LogP contribution in [0.4, 0.5) is 0 Å². The smallest absolute Gasteiger partial charge is 0.317 e. The van der Waals surface area contributed by atoms with Crippen molar-refractivity contribution in [3.05, 3.63) is 0 Å². The molecule has 0 aromatic carbocycles. The lowest BCUT2D eigenvalue weighted by molar-refractivity contribution is -0.140. The van der Waals surface area contributed by atoms with Gasteiger partial charge in [-0.05, 0) is 49.9 Å². The molecule has 4 saturated carbocycles. The number of carbonyl (C=O) groups is 2. The molecule has 4 aliphatic rings. The van der Waals surface area contributed by atoms with E-state index in [4.69, 9.17) is 5.11 Å². The van der Waals surface area contributed by atoms with Gasteiger partial charge in [-0.25, -0.2) is 0 Å². The number of carbonyl (C=O) groups excluding carboxylic acids is 1.